The molecule has 1 heterocycles. The summed E-state index contributed by atoms with van der Waals surface area (Å²) in [6.45, 7) is 12.5. The summed E-state index contributed by atoms with van der Waals surface area (Å²) in [6, 6.07) is 0.389. The number of carbonyl (C=O) groups is 1. The third kappa shape index (κ3) is 6.91. The van der Waals surface area contributed by atoms with Gasteiger partial charge in [-0.1, -0.05) is 13.8 Å². The van der Waals surface area contributed by atoms with E-state index < -0.39 is 5.60 Å². The predicted octanol–water partition coefficient (Wildman–Crippen LogP) is 3.34. The van der Waals surface area contributed by atoms with Gasteiger partial charge in [0.15, 0.2) is 0 Å². The number of amides is 1. The Morgan fingerprint density at radius 2 is 2.05 bits per heavy atom. The van der Waals surface area contributed by atoms with Gasteiger partial charge in [0.2, 0.25) is 0 Å². The van der Waals surface area contributed by atoms with Crippen molar-refractivity contribution in [3.05, 3.63) is 16.6 Å². The molecule has 120 valence electrons. The van der Waals surface area contributed by atoms with Crippen molar-refractivity contribution in [2.75, 3.05) is 6.54 Å². The van der Waals surface area contributed by atoms with E-state index in [4.69, 9.17) is 4.74 Å². The molecule has 0 saturated carbocycles. The molecule has 0 aliphatic carbocycles. The minimum absolute atomic E-state index is 0.176. The molecule has 1 aromatic rings. The first kappa shape index (κ1) is 17.9. The number of ether oxygens (including phenoxy) is 1. The molecule has 21 heavy (non-hydrogen) atoms. The fourth-order valence-electron chi connectivity index (χ4n) is 1.84. The zero-order valence-electron chi connectivity index (χ0n) is 13.8. The minimum atomic E-state index is -0.471. The minimum Gasteiger partial charge on any atom is -0.444 e. The van der Waals surface area contributed by atoms with E-state index in [0.29, 0.717) is 12.5 Å². The largest absolute Gasteiger partial charge is 0.444 e. The van der Waals surface area contributed by atoms with Gasteiger partial charge in [-0.2, -0.15) is 0 Å². The Bertz CT molecular complexity index is 427. The maximum atomic E-state index is 11.7. The van der Waals surface area contributed by atoms with Crippen LogP contribution in [0.25, 0.3) is 0 Å². The Hall–Kier alpha value is -1.14. The van der Waals surface area contributed by atoms with Crippen LogP contribution in [0.4, 0.5) is 4.79 Å². The lowest BCUT2D eigenvalue weighted by Gasteiger charge is -2.27. The second-order valence-corrected chi connectivity index (χ2v) is 7.44. The Kier molecular flexibility index (Phi) is 6.61. The van der Waals surface area contributed by atoms with E-state index in [-0.39, 0.29) is 18.2 Å². The first-order chi connectivity index (χ1) is 9.69. The molecule has 0 spiro atoms. The molecule has 1 aromatic heterocycles. The first-order valence-corrected chi connectivity index (χ1v) is 8.18. The normalized spacial score (nSPS) is 14.8. The van der Waals surface area contributed by atoms with Crippen LogP contribution in [0, 0.1) is 5.92 Å². The van der Waals surface area contributed by atoms with Gasteiger partial charge in [-0.3, -0.25) is 4.98 Å². The molecular formula is C15H27N3O2S. The van der Waals surface area contributed by atoms with E-state index in [1.165, 1.54) is 4.88 Å². The number of thiazole rings is 1. The number of aromatic nitrogens is 1. The Balaban J connectivity index is 2.49. The lowest BCUT2D eigenvalue weighted by atomic mass is 10.0. The van der Waals surface area contributed by atoms with E-state index in [2.05, 4.69) is 36.4 Å². The summed E-state index contributed by atoms with van der Waals surface area (Å²) < 4.78 is 5.26. The highest BCUT2D eigenvalue weighted by molar-refractivity contribution is 7.09. The standard InChI is InChI=1S/C15H27N3O2S/c1-10(2)12(7-17-14(19)20-15(4,5)6)18-11(3)13-8-16-9-21-13/h8-12,18H,7H2,1-6H3,(H,17,19). The van der Waals surface area contributed by atoms with Gasteiger partial charge in [0.05, 0.1) is 5.51 Å². The van der Waals surface area contributed by atoms with Crippen molar-refractivity contribution in [2.24, 2.45) is 5.92 Å². The van der Waals surface area contributed by atoms with Gasteiger partial charge in [-0.15, -0.1) is 11.3 Å². The third-order valence-corrected chi connectivity index (χ3v) is 3.97. The molecule has 1 amide bonds. The number of rotatable bonds is 6. The lowest BCUT2D eigenvalue weighted by Crippen LogP contribution is -2.46. The molecule has 0 bridgehead atoms. The molecule has 2 atom stereocenters. The fourth-order valence-corrected chi connectivity index (χ4v) is 2.47. The predicted molar refractivity (Wildman–Crippen MR) is 86.5 cm³/mol. The monoisotopic (exact) mass is 313 g/mol. The van der Waals surface area contributed by atoms with Crippen LogP contribution in [0.5, 0.6) is 0 Å². The van der Waals surface area contributed by atoms with Crippen LogP contribution in [0.1, 0.15) is 52.5 Å². The summed E-state index contributed by atoms with van der Waals surface area (Å²) in [5, 5.41) is 6.37. The highest BCUT2D eigenvalue weighted by atomic mass is 32.1. The number of hydrogen-bond donors (Lipinski definition) is 2. The zero-order chi connectivity index (χ0) is 16.0. The molecule has 0 radical (unpaired) electrons. The number of nitrogens with zero attached hydrogens (tertiary/aromatic N) is 1. The zero-order valence-corrected chi connectivity index (χ0v) is 14.6. The van der Waals surface area contributed by atoms with Gasteiger partial charge in [0.1, 0.15) is 5.60 Å². The van der Waals surface area contributed by atoms with Crippen LogP contribution in [0.15, 0.2) is 11.7 Å². The van der Waals surface area contributed by atoms with Gasteiger partial charge >= 0.3 is 6.09 Å². The number of nitrogens with one attached hydrogen (secondary N) is 2. The smallest absolute Gasteiger partial charge is 0.407 e. The molecular weight excluding hydrogens is 286 g/mol. The topological polar surface area (TPSA) is 63.2 Å². The van der Waals surface area contributed by atoms with E-state index >= 15 is 0 Å². The van der Waals surface area contributed by atoms with E-state index in [9.17, 15) is 4.79 Å². The molecule has 0 aliphatic heterocycles. The highest BCUT2D eigenvalue weighted by Crippen LogP contribution is 2.18. The maximum Gasteiger partial charge on any atom is 0.407 e. The van der Waals surface area contributed by atoms with E-state index in [1.807, 2.05) is 32.5 Å². The molecule has 6 heteroatoms. The fraction of sp³-hybridized carbons (Fsp3) is 0.733. The average molecular weight is 313 g/mol. The summed E-state index contributed by atoms with van der Waals surface area (Å²) in [5.41, 5.74) is 1.36. The van der Waals surface area contributed by atoms with Crippen molar-refractivity contribution in [1.82, 2.24) is 15.6 Å². The van der Waals surface area contributed by atoms with E-state index in [1.54, 1.807) is 11.3 Å². The summed E-state index contributed by atoms with van der Waals surface area (Å²) in [6.07, 6.45) is 1.50. The molecule has 0 saturated heterocycles. The Morgan fingerprint density at radius 1 is 1.38 bits per heavy atom. The Morgan fingerprint density at radius 3 is 2.52 bits per heavy atom. The first-order valence-electron chi connectivity index (χ1n) is 7.30. The third-order valence-electron chi connectivity index (χ3n) is 3.01. The van der Waals surface area contributed by atoms with Crippen molar-refractivity contribution >= 4 is 17.4 Å². The number of alkyl carbamates (subject to hydrolysis) is 1. The van der Waals surface area contributed by atoms with Gasteiger partial charge in [0.25, 0.3) is 0 Å². The van der Waals surface area contributed by atoms with Crippen LogP contribution in [0.3, 0.4) is 0 Å². The van der Waals surface area contributed by atoms with E-state index in [0.717, 1.165) is 0 Å². The summed E-state index contributed by atoms with van der Waals surface area (Å²) in [4.78, 5) is 17.0. The van der Waals surface area contributed by atoms with Crippen LogP contribution in [0.2, 0.25) is 0 Å². The van der Waals surface area contributed by atoms with Gasteiger partial charge in [0, 0.05) is 29.7 Å². The van der Waals surface area contributed by atoms with Gasteiger partial charge in [-0.05, 0) is 33.6 Å². The lowest BCUT2D eigenvalue weighted by molar-refractivity contribution is 0.0518. The van der Waals surface area contributed by atoms with Crippen molar-refractivity contribution in [1.29, 1.82) is 0 Å². The van der Waals surface area contributed by atoms with Crippen molar-refractivity contribution in [2.45, 2.75) is 59.2 Å². The second kappa shape index (κ2) is 7.75. The summed E-state index contributed by atoms with van der Waals surface area (Å²) in [7, 11) is 0. The quantitative estimate of drug-likeness (QED) is 0.845. The second-order valence-electron chi connectivity index (χ2n) is 6.53. The van der Waals surface area contributed by atoms with Crippen LogP contribution >= 0.6 is 11.3 Å². The van der Waals surface area contributed by atoms with Gasteiger partial charge in [-0.25, -0.2) is 4.79 Å². The van der Waals surface area contributed by atoms with Gasteiger partial charge < -0.3 is 15.4 Å². The summed E-state index contributed by atoms with van der Waals surface area (Å²) >= 11 is 1.63. The average Bonchev–Trinajstić information content (AvgIpc) is 2.85. The molecule has 0 aromatic carbocycles. The number of carbonyl (C=O) groups excluding carboxylic acids is 1. The molecule has 0 fully saturated rings. The molecule has 0 aliphatic rings. The molecule has 1 rings (SSSR count). The van der Waals surface area contributed by atoms with Crippen molar-refractivity contribution in [3.8, 4) is 0 Å². The van der Waals surface area contributed by atoms with Crippen molar-refractivity contribution in [3.63, 3.8) is 0 Å². The highest BCUT2D eigenvalue weighted by Gasteiger charge is 2.20. The van der Waals surface area contributed by atoms with Crippen LogP contribution in [-0.2, 0) is 4.74 Å². The number of hydrogen-bond acceptors (Lipinski definition) is 5. The van der Waals surface area contributed by atoms with Crippen molar-refractivity contribution < 1.29 is 9.53 Å². The van der Waals surface area contributed by atoms with Crippen LogP contribution in [-0.4, -0.2) is 29.3 Å². The maximum absolute atomic E-state index is 11.7. The molecule has 5 nitrogen and oxygen atoms in total. The SMILES string of the molecule is CC(NC(CNC(=O)OC(C)(C)C)C(C)C)c1cncs1. The molecule has 2 unspecified atom stereocenters. The molecule has 2 N–H and O–H groups in total. The Labute approximate surface area is 131 Å². The summed E-state index contributed by atoms with van der Waals surface area (Å²) in [5.74, 6) is 0.398. The van der Waals surface area contributed by atoms with Crippen LogP contribution < -0.4 is 10.6 Å².